The zero-order valence-corrected chi connectivity index (χ0v) is 10.3. The van der Waals surface area contributed by atoms with Crippen LogP contribution in [0.1, 0.15) is 10.4 Å². The summed E-state index contributed by atoms with van der Waals surface area (Å²) in [5.41, 5.74) is 0.0426. The summed E-state index contributed by atoms with van der Waals surface area (Å²) in [5, 5.41) is 0.445. The summed E-state index contributed by atoms with van der Waals surface area (Å²) in [7, 11) is -5.39. The largest absolute Gasteiger partial charge is 0.746 e. The summed E-state index contributed by atoms with van der Waals surface area (Å²) >= 11 is 0. The van der Waals surface area contributed by atoms with Crippen LogP contribution in [0.4, 0.5) is 0 Å². The lowest BCUT2D eigenvalue weighted by atomic mass is 10.3. The lowest BCUT2D eigenvalue weighted by molar-refractivity contribution is -0.214. The molecule has 1 N–H and O–H groups in total. The van der Waals surface area contributed by atoms with Crippen molar-refractivity contribution in [2.45, 2.75) is 5.03 Å². The molecule has 0 saturated carbocycles. The van der Waals surface area contributed by atoms with Crippen molar-refractivity contribution < 1.29 is 23.7 Å². The highest BCUT2D eigenvalue weighted by Crippen LogP contribution is 2.32. The van der Waals surface area contributed by atoms with E-state index in [9.17, 15) is 14.3 Å². The molecule has 88 valence electrons. The van der Waals surface area contributed by atoms with E-state index in [1.54, 1.807) is 0 Å². The third-order valence-corrected chi connectivity index (χ3v) is 3.07. The second kappa shape index (κ2) is 4.97. The molecular weight excluding hydrogens is 253 g/mol. The number of carbonyl (C=O) groups excluding carboxylic acids is 1. The molecule has 8 heteroatoms. The predicted octanol–water partition coefficient (Wildman–Crippen LogP) is -0.0641. The van der Waals surface area contributed by atoms with Crippen molar-refractivity contribution in [1.82, 2.24) is 4.98 Å². The third-order valence-electron chi connectivity index (χ3n) is 1.58. The predicted molar refractivity (Wildman–Crippen MR) is 57.0 cm³/mol. The van der Waals surface area contributed by atoms with Gasteiger partial charge in [0.05, 0.1) is 0 Å². The number of pyridine rings is 1. The Morgan fingerprint density at radius 2 is 2.25 bits per heavy atom. The first-order chi connectivity index (χ1) is 7.31. The van der Waals surface area contributed by atoms with E-state index in [1.165, 1.54) is 18.3 Å². The van der Waals surface area contributed by atoms with Crippen molar-refractivity contribution in [3.8, 4) is 0 Å². The van der Waals surface area contributed by atoms with Gasteiger partial charge in [-0.05, 0) is 12.1 Å². The second-order valence-corrected chi connectivity index (χ2v) is 6.16. The van der Waals surface area contributed by atoms with Crippen molar-refractivity contribution in [3.63, 3.8) is 0 Å². The fourth-order valence-corrected chi connectivity index (χ4v) is 2.20. The molecular formula is C8H10NO5PS. The van der Waals surface area contributed by atoms with Crippen molar-refractivity contribution >= 4 is 24.7 Å². The Morgan fingerprint density at radius 1 is 1.62 bits per heavy atom. The standard InChI is InChI=1S/C8H10NO5PS/c1-16(2)7-6(4-3-5-9-7)8(10)14-15(11,12)13/h3-5H,1-2H3,(H-,11,12,13). The molecule has 0 aliphatic rings. The van der Waals surface area contributed by atoms with Gasteiger partial charge in [-0.3, -0.25) is 4.57 Å². The maximum Gasteiger partial charge on any atom is 0.350 e. The molecule has 1 unspecified atom stereocenters. The van der Waals surface area contributed by atoms with E-state index < -0.39 is 13.8 Å². The lowest BCUT2D eigenvalue weighted by Gasteiger charge is -2.15. The second-order valence-electron chi connectivity index (χ2n) is 3.02. The van der Waals surface area contributed by atoms with E-state index in [-0.39, 0.29) is 16.5 Å². The van der Waals surface area contributed by atoms with Gasteiger partial charge < -0.3 is 14.3 Å². The number of phosphoric ester groups is 1. The molecule has 1 atom stereocenters. The van der Waals surface area contributed by atoms with Gasteiger partial charge in [-0.15, -0.1) is 0 Å². The smallest absolute Gasteiger partial charge is 0.350 e. The average molecular weight is 263 g/mol. The number of hydrogen-bond acceptors (Lipinski definition) is 5. The number of phosphoric acid groups is 1. The summed E-state index contributed by atoms with van der Waals surface area (Å²) in [5.74, 6) is -1.12. The fourth-order valence-electron chi connectivity index (χ4n) is 1.03. The van der Waals surface area contributed by atoms with Crippen LogP contribution in [0.25, 0.3) is 0 Å². The summed E-state index contributed by atoms with van der Waals surface area (Å²) in [4.78, 5) is 34.2. The molecule has 0 amide bonds. The van der Waals surface area contributed by atoms with E-state index in [2.05, 4.69) is 9.51 Å². The first-order valence-corrected chi connectivity index (χ1v) is 7.65. The van der Waals surface area contributed by atoms with Crippen LogP contribution in [-0.4, -0.2) is 28.4 Å². The molecule has 1 heterocycles. The minimum absolute atomic E-state index is 0.0426. The highest BCUT2D eigenvalue weighted by atomic mass is 32.2. The number of nitrogens with zero attached hydrogens (tertiary/aromatic N) is 1. The molecule has 0 aliphatic carbocycles. The van der Waals surface area contributed by atoms with Crippen molar-refractivity contribution in [2.24, 2.45) is 0 Å². The monoisotopic (exact) mass is 263 g/mol. The maximum atomic E-state index is 11.4. The quantitative estimate of drug-likeness (QED) is 0.605. The first kappa shape index (κ1) is 13.2. The highest BCUT2D eigenvalue weighted by Gasteiger charge is 2.24. The normalized spacial score (nSPS) is 14.6. The van der Waals surface area contributed by atoms with Crippen molar-refractivity contribution in [2.75, 3.05) is 12.5 Å². The Labute approximate surface area is 95.3 Å². The molecule has 6 nitrogen and oxygen atoms in total. The van der Waals surface area contributed by atoms with Gasteiger partial charge in [0.15, 0.2) is 0 Å². The maximum absolute atomic E-state index is 11.4. The van der Waals surface area contributed by atoms with Crippen LogP contribution in [0.15, 0.2) is 23.4 Å². The van der Waals surface area contributed by atoms with Crippen LogP contribution in [0.5, 0.6) is 0 Å². The van der Waals surface area contributed by atoms with Gasteiger partial charge in [-0.2, -0.15) is 0 Å². The number of hydrogen-bond donors (Lipinski definition) is 1. The Hall–Kier alpha value is -0.880. The number of rotatable bonds is 3. The molecule has 0 fully saturated rings. The Morgan fingerprint density at radius 3 is 2.75 bits per heavy atom. The van der Waals surface area contributed by atoms with Gasteiger partial charge in [0.1, 0.15) is 18.1 Å². The van der Waals surface area contributed by atoms with Crippen LogP contribution < -0.4 is 4.89 Å². The average Bonchev–Trinajstić information content (AvgIpc) is 2.15. The van der Waals surface area contributed by atoms with Gasteiger partial charge >= 0.3 is 13.8 Å². The van der Waals surface area contributed by atoms with Crippen LogP contribution in [0.3, 0.4) is 0 Å². The number of carbonyl (C=O) groups is 1. The zero-order chi connectivity index (χ0) is 12.3. The molecule has 0 bridgehead atoms. The summed E-state index contributed by atoms with van der Waals surface area (Å²) in [6.45, 7) is 0. The Balaban J connectivity index is 3.04. The van der Waals surface area contributed by atoms with Gasteiger partial charge in [-0.25, -0.2) is 9.78 Å². The molecule has 0 saturated heterocycles. The summed E-state index contributed by atoms with van der Waals surface area (Å²) < 4.78 is 14.3. The minimum atomic E-state index is -5.06. The highest BCUT2D eigenvalue weighted by molar-refractivity contribution is 7.95. The molecule has 1 aromatic rings. The van der Waals surface area contributed by atoms with Gasteiger partial charge in [0, 0.05) is 17.1 Å². The topological polar surface area (TPSA) is 99.5 Å². The van der Waals surface area contributed by atoms with Crippen LogP contribution in [-0.2, 0) is 20.0 Å². The zero-order valence-electron chi connectivity index (χ0n) is 8.61. The Kier molecular flexibility index (Phi) is 4.09. The molecule has 1 rings (SSSR count). The molecule has 1 aromatic heterocycles. The van der Waals surface area contributed by atoms with Gasteiger partial charge in [0.25, 0.3) is 5.03 Å². The minimum Gasteiger partial charge on any atom is -0.746 e. The van der Waals surface area contributed by atoms with E-state index in [0.29, 0.717) is 5.03 Å². The molecule has 0 spiro atoms. The van der Waals surface area contributed by atoms with Crippen LogP contribution in [0, 0.1) is 0 Å². The lowest BCUT2D eigenvalue weighted by Crippen LogP contribution is -2.14. The number of aromatic nitrogens is 1. The van der Waals surface area contributed by atoms with Crippen LogP contribution >= 0.6 is 7.82 Å². The molecule has 0 aromatic carbocycles. The molecule has 16 heavy (non-hydrogen) atoms. The third kappa shape index (κ3) is 3.61. The van der Waals surface area contributed by atoms with E-state index in [1.807, 2.05) is 12.5 Å². The molecule has 0 aliphatic heterocycles. The SMILES string of the molecule is C[S+](C)c1ncccc1C(=O)OP(=O)([O-])O. The Bertz CT molecular complexity index is 444. The molecule has 0 radical (unpaired) electrons. The van der Waals surface area contributed by atoms with Gasteiger partial charge in [0.2, 0.25) is 0 Å². The van der Waals surface area contributed by atoms with E-state index in [4.69, 9.17) is 4.89 Å². The summed E-state index contributed by atoms with van der Waals surface area (Å²) in [6, 6.07) is 2.88. The van der Waals surface area contributed by atoms with Crippen LogP contribution in [0.2, 0.25) is 0 Å². The fraction of sp³-hybridized carbons (Fsp3) is 0.250. The van der Waals surface area contributed by atoms with E-state index >= 15 is 0 Å². The summed E-state index contributed by atoms with van der Waals surface area (Å²) in [6.07, 6.45) is 5.15. The van der Waals surface area contributed by atoms with Crippen molar-refractivity contribution in [1.29, 1.82) is 0 Å². The van der Waals surface area contributed by atoms with Gasteiger partial charge in [-0.1, -0.05) is 0 Å². The van der Waals surface area contributed by atoms with Crippen molar-refractivity contribution in [3.05, 3.63) is 23.9 Å². The van der Waals surface area contributed by atoms with E-state index in [0.717, 1.165) is 0 Å². The first-order valence-electron chi connectivity index (χ1n) is 4.11.